The topological polar surface area (TPSA) is 59.9 Å². The van der Waals surface area contributed by atoms with E-state index in [0.717, 1.165) is 44.1 Å². The molecule has 0 fully saturated rings. The monoisotopic (exact) mass is 534 g/mol. The zero-order valence-corrected chi connectivity index (χ0v) is 20.7. The molecular formula is C20H31IN4OS2. The predicted octanol–water partition coefficient (Wildman–Crippen LogP) is 3.64. The number of halogens is 1. The van der Waals surface area contributed by atoms with Gasteiger partial charge in [0.2, 0.25) is 0 Å². The third-order valence-corrected chi connectivity index (χ3v) is 6.76. The van der Waals surface area contributed by atoms with Gasteiger partial charge in [-0.25, -0.2) is 4.99 Å². The second-order valence-corrected chi connectivity index (χ2v) is 9.08. The third-order valence-electron chi connectivity index (χ3n) is 5.06. The number of rotatable bonds is 7. The lowest BCUT2D eigenvalue weighted by Crippen LogP contribution is -2.47. The van der Waals surface area contributed by atoms with E-state index in [0.29, 0.717) is 12.6 Å². The summed E-state index contributed by atoms with van der Waals surface area (Å²) in [6.45, 7) is 10.2. The average Bonchev–Trinajstić information content (AvgIpc) is 3.35. The van der Waals surface area contributed by atoms with E-state index in [1.165, 1.54) is 10.4 Å². The molecule has 5 nitrogen and oxygen atoms in total. The number of aliphatic hydroxyl groups is 1. The second-order valence-electron chi connectivity index (χ2n) is 7.30. The Morgan fingerprint density at radius 1 is 1.36 bits per heavy atom. The fourth-order valence-electron chi connectivity index (χ4n) is 3.26. The van der Waals surface area contributed by atoms with Gasteiger partial charge in [0, 0.05) is 37.1 Å². The van der Waals surface area contributed by atoms with Crippen LogP contribution in [0.2, 0.25) is 0 Å². The maximum absolute atomic E-state index is 10.7. The highest BCUT2D eigenvalue weighted by atomic mass is 127. The molecule has 0 saturated carbocycles. The second kappa shape index (κ2) is 10.9. The van der Waals surface area contributed by atoms with Gasteiger partial charge in [0.15, 0.2) is 5.96 Å². The van der Waals surface area contributed by atoms with Crippen LogP contribution in [-0.2, 0) is 18.6 Å². The molecule has 3 rings (SSSR count). The molecule has 0 bridgehead atoms. The van der Waals surface area contributed by atoms with Crippen LogP contribution in [-0.4, -0.2) is 48.2 Å². The quantitative estimate of drug-likeness (QED) is 0.289. The minimum Gasteiger partial charge on any atom is -0.383 e. The van der Waals surface area contributed by atoms with Crippen LogP contribution in [0.5, 0.6) is 0 Å². The fraction of sp³-hybridized carbons (Fsp3) is 0.550. The Labute approximate surface area is 193 Å². The molecule has 28 heavy (non-hydrogen) atoms. The van der Waals surface area contributed by atoms with Crippen molar-refractivity contribution in [2.75, 3.05) is 26.2 Å². The van der Waals surface area contributed by atoms with Crippen molar-refractivity contribution in [3.05, 3.63) is 44.3 Å². The summed E-state index contributed by atoms with van der Waals surface area (Å²) in [6, 6.07) is 4.63. The van der Waals surface area contributed by atoms with Crippen LogP contribution in [0.3, 0.4) is 0 Å². The molecule has 0 aromatic carbocycles. The molecule has 2 aromatic heterocycles. The van der Waals surface area contributed by atoms with E-state index in [-0.39, 0.29) is 24.0 Å². The van der Waals surface area contributed by atoms with Gasteiger partial charge >= 0.3 is 0 Å². The van der Waals surface area contributed by atoms with Crippen molar-refractivity contribution in [2.24, 2.45) is 4.99 Å². The van der Waals surface area contributed by atoms with E-state index in [9.17, 15) is 5.11 Å². The van der Waals surface area contributed by atoms with Crippen LogP contribution < -0.4 is 10.6 Å². The summed E-state index contributed by atoms with van der Waals surface area (Å²) in [6.07, 6.45) is 1.15. The van der Waals surface area contributed by atoms with E-state index < -0.39 is 5.60 Å². The zero-order chi connectivity index (χ0) is 19.3. The number of nitrogens with zero attached hydrogens (tertiary/aromatic N) is 2. The number of hydrogen-bond acceptors (Lipinski definition) is 5. The first-order valence-electron chi connectivity index (χ1n) is 9.56. The Morgan fingerprint density at radius 3 is 2.89 bits per heavy atom. The van der Waals surface area contributed by atoms with E-state index in [1.807, 2.05) is 35.1 Å². The van der Waals surface area contributed by atoms with Crippen molar-refractivity contribution in [2.45, 2.75) is 45.4 Å². The minimum atomic E-state index is -0.948. The predicted molar refractivity (Wildman–Crippen MR) is 131 cm³/mol. The van der Waals surface area contributed by atoms with Crippen LogP contribution in [0.25, 0.3) is 0 Å². The molecule has 2 aromatic rings. The summed E-state index contributed by atoms with van der Waals surface area (Å²) < 4.78 is 0. The van der Waals surface area contributed by atoms with Crippen LogP contribution >= 0.6 is 46.7 Å². The molecule has 0 aliphatic carbocycles. The number of thiophene rings is 2. The van der Waals surface area contributed by atoms with Crippen molar-refractivity contribution in [3.63, 3.8) is 0 Å². The molecule has 8 heteroatoms. The van der Waals surface area contributed by atoms with Crippen molar-refractivity contribution >= 4 is 52.6 Å². The lowest BCUT2D eigenvalue weighted by molar-refractivity contribution is 0.0677. The first-order valence-corrected chi connectivity index (χ1v) is 11.4. The minimum absolute atomic E-state index is 0. The largest absolute Gasteiger partial charge is 0.383 e. The highest BCUT2D eigenvalue weighted by Crippen LogP contribution is 2.25. The van der Waals surface area contributed by atoms with Gasteiger partial charge in [-0.3, -0.25) is 4.90 Å². The molecule has 2 unspecified atom stereocenters. The Morgan fingerprint density at radius 2 is 2.18 bits per heavy atom. The third kappa shape index (κ3) is 6.16. The van der Waals surface area contributed by atoms with Gasteiger partial charge in [-0.05, 0) is 66.6 Å². The molecule has 0 amide bonds. The SMILES string of the molecule is CCNC(=NCC(C)(O)c1ccsc1)NCC(C)N1CCc2sccc2C1.I. The summed E-state index contributed by atoms with van der Waals surface area (Å²) in [5.41, 5.74) is 1.45. The highest BCUT2D eigenvalue weighted by molar-refractivity contribution is 14.0. The maximum Gasteiger partial charge on any atom is 0.191 e. The molecule has 2 atom stereocenters. The van der Waals surface area contributed by atoms with Crippen LogP contribution in [0, 0.1) is 0 Å². The van der Waals surface area contributed by atoms with Gasteiger partial charge < -0.3 is 15.7 Å². The summed E-state index contributed by atoms with van der Waals surface area (Å²) in [5, 5.41) is 23.6. The summed E-state index contributed by atoms with van der Waals surface area (Å²) in [7, 11) is 0. The van der Waals surface area contributed by atoms with Gasteiger partial charge in [-0.15, -0.1) is 35.3 Å². The van der Waals surface area contributed by atoms with Gasteiger partial charge in [-0.2, -0.15) is 11.3 Å². The molecule has 1 aliphatic rings. The molecule has 3 heterocycles. The van der Waals surface area contributed by atoms with Gasteiger partial charge in [0.05, 0.1) is 6.54 Å². The Hall–Kier alpha value is -0.680. The van der Waals surface area contributed by atoms with Gasteiger partial charge in [0.1, 0.15) is 5.60 Å². The maximum atomic E-state index is 10.7. The van der Waals surface area contributed by atoms with Crippen LogP contribution in [0.15, 0.2) is 33.3 Å². The van der Waals surface area contributed by atoms with Crippen molar-refractivity contribution < 1.29 is 5.11 Å². The van der Waals surface area contributed by atoms with Crippen molar-refractivity contribution in [1.82, 2.24) is 15.5 Å². The molecule has 0 spiro atoms. The normalized spacial score (nSPS) is 17.9. The zero-order valence-electron chi connectivity index (χ0n) is 16.8. The van der Waals surface area contributed by atoms with E-state index in [4.69, 9.17) is 0 Å². The lowest BCUT2D eigenvalue weighted by Gasteiger charge is -2.33. The van der Waals surface area contributed by atoms with Gasteiger partial charge in [-0.1, -0.05) is 0 Å². The Balaban J connectivity index is 0.00000280. The fourth-order valence-corrected chi connectivity index (χ4v) is 4.93. The van der Waals surface area contributed by atoms with E-state index in [2.05, 4.69) is 45.8 Å². The first-order chi connectivity index (χ1) is 13.0. The van der Waals surface area contributed by atoms with Crippen LogP contribution in [0.4, 0.5) is 0 Å². The molecule has 0 saturated heterocycles. The molecule has 156 valence electrons. The summed E-state index contributed by atoms with van der Waals surface area (Å²) >= 11 is 3.47. The first kappa shape index (κ1) is 23.6. The molecule has 3 N–H and O–H groups in total. The van der Waals surface area contributed by atoms with Crippen molar-refractivity contribution in [3.8, 4) is 0 Å². The molecule has 1 aliphatic heterocycles. The standard InChI is InChI=1S/C20H30N4OS2.HI/c1-4-21-19(23-14-20(3,25)17-7-9-26-13-17)22-11-15(2)24-8-5-18-16(12-24)6-10-27-18;/h6-7,9-10,13,15,25H,4-5,8,11-12,14H2,1-3H3,(H2,21,22,23);1H. The number of hydrogen-bond donors (Lipinski definition) is 3. The summed E-state index contributed by atoms with van der Waals surface area (Å²) in [4.78, 5) is 8.68. The lowest BCUT2D eigenvalue weighted by atomic mass is 10.00. The molecule has 0 radical (unpaired) electrons. The number of aliphatic imine (C=N–C) groups is 1. The number of fused-ring (bicyclic) bond motifs is 1. The smallest absolute Gasteiger partial charge is 0.191 e. The highest BCUT2D eigenvalue weighted by Gasteiger charge is 2.24. The summed E-state index contributed by atoms with van der Waals surface area (Å²) in [5.74, 6) is 0.757. The van der Waals surface area contributed by atoms with E-state index >= 15 is 0 Å². The Kier molecular flexibility index (Phi) is 9.20. The Bertz CT molecular complexity index is 745. The molecular weight excluding hydrogens is 503 g/mol. The van der Waals surface area contributed by atoms with Crippen molar-refractivity contribution in [1.29, 1.82) is 0 Å². The van der Waals surface area contributed by atoms with Gasteiger partial charge in [0.25, 0.3) is 0 Å². The number of guanidine groups is 1. The number of nitrogens with one attached hydrogen (secondary N) is 2. The average molecular weight is 535 g/mol. The van der Waals surface area contributed by atoms with E-state index in [1.54, 1.807) is 11.3 Å². The van der Waals surface area contributed by atoms with Crippen LogP contribution in [0.1, 0.15) is 36.8 Å².